The fraction of sp³-hybridized carbons (Fsp3) is 0.267. The molecule has 1 atom stereocenters. The van der Waals surface area contributed by atoms with E-state index in [1.807, 2.05) is 24.3 Å². The average Bonchev–Trinajstić information content (AvgIpc) is 3.23. The second kappa shape index (κ2) is 4.97. The maximum absolute atomic E-state index is 13.7. The van der Waals surface area contributed by atoms with Crippen molar-refractivity contribution in [2.75, 3.05) is 0 Å². The van der Waals surface area contributed by atoms with Gasteiger partial charge in [0, 0.05) is 11.8 Å². The van der Waals surface area contributed by atoms with Crippen LogP contribution < -0.4 is 10.5 Å². The van der Waals surface area contributed by atoms with Crippen LogP contribution in [-0.2, 0) is 0 Å². The highest BCUT2D eigenvalue weighted by atomic mass is 19.1. The Labute approximate surface area is 111 Å². The van der Waals surface area contributed by atoms with Crippen molar-refractivity contribution in [3.63, 3.8) is 0 Å². The van der Waals surface area contributed by atoms with Gasteiger partial charge in [0.15, 0.2) is 0 Å². The van der Waals surface area contributed by atoms with Crippen LogP contribution >= 0.6 is 0 Å². The van der Waals surface area contributed by atoms with E-state index in [0.29, 0.717) is 11.7 Å². The number of hydrogen-bond acceptors (Lipinski definition) is 3. The van der Waals surface area contributed by atoms with E-state index < -0.39 is 6.04 Å². The molecule has 3 rings (SSSR count). The lowest BCUT2D eigenvalue weighted by Crippen LogP contribution is -2.14. The van der Waals surface area contributed by atoms with Gasteiger partial charge in [0.1, 0.15) is 11.6 Å². The molecule has 0 saturated heterocycles. The van der Waals surface area contributed by atoms with Gasteiger partial charge in [0.05, 0.1) is 18.3 Å². The Hall–Kier alpha value is -1.94. The lowest BCUT2D eigenvalue weighted by atomic mass is 10.00. The van der Waals surface area contributed by atoms with Crippen molar-refractivity contribution in [2.45, 2.75) is 25.0 Å². The molecule has 1 aliphatic rings. The first-order chi connectivity index (χ1) is 9.24. The normalized spacial score (nSPS) is 16.1. The third-order valence-corrected chi connectivity index (χ3v) is 3.18. The number of benzene rings is 1. The van der Waals surface area contributed by atoms with Crippen LogP contribution in [0.2, 0.25) is 0 Å². The molecule has 1 saturated carbocycles. The molecule has 0 aliphatic heterocycles. The van der Waals surface area contributed by atoms with Crippen LogP contribution in [-0.4, -0.2) is 11.1 Å². The Balaban J connectivity index is 1.86. The van der Waals surface area contributed by atoms with E-state index in [4.69, 9.17) is 10.5 Å². The zero-order valence-electron chi connectivity index (χ0n) is 10.4. The van der Waals surface area contributed by atoms with Crippen LogP contribution in [0.4, 0.5) is 4.39 Å². The Morgan fingerprint density at radius 2 is 2.16 bits per heavy atom. The highest BCUT2D eigenvalue weighted by Crippen LogP contribution is 2.29. The summed E-state index contributed by atoms with van der Waals surface area (Å²) < 4.78 is 19.4. The molecular weight excluding hydrogens is 243 g/mol. The molecule has 1 aliphatic carbocycles. The average molecular weight is 258 g/mol. The minimum absolute atomic E-state index is 0.337. The molecule has 3 nitrogen and oxygen atoms in total. The van der Waals surface area contributed by atoms with Gasteiger partial charge in [-0.05, 0) is 36.6 Å². The van der Waals surface area contributed by atoms with Gasteiger partial charge in [-0.15, -0.1) is 0 Å². The van der Waals surface area contributed by atoms with Gasteiger partial charge in [-0.25, -0.2) is 4.39 Å². The van der Waals surface area contributed by atoms with E-state index in [2.05, 4.69) is 4.98 Å². The molecule has 1 aromatic heterocycles. The summed E-state index contributed by atoms with van der Waals surface area (Å²) in [4.78, 5) is 3.73. The monoisotopic (exact) mass is 258 g/mol. The molecule has 1 fully saturated rings. The van der Waals surface area contributed by atoms with Crippen LogP contribution in [0.3, 0.4) is 0 Å². The molecule has 0 spiro atoms. The summed E-state index contributed by atoms with van der Waals surface area (Å²) in [7, 11) is 0. The molecule has 2 aromatic rings. The zero-order chi connectivity index (χ0) is 13.2. The largest absolute Gasteiger partial charge is 0.490 e. The molecule has 1 heterocycles. The SMILES string of the molecule is NC(c1cccc(OC2CC2)c1)c1ccncc1F. The van der Waals surface area contributed by atoms with Crippen LogP contribution in [0.5, 0.6) is 5.75 Å². The zero-order valence-corrected chi connectivity index (χ0v) is 10.4. The second-order valence-electron chi connectivity index (χ2n) is 4.76. The van der Waals surface area contributed by atoms with Gasteiger partial charge >= 0.3 is 0 Å². The molecule has 98 valence electrons. The van der Waals surface area contributed by atoms with E-state index in [1.54, 1.807) is 12.3 Å². The van der Waals surface area contributed by atoms with Crippen molar-refractivity contribution < 1.29 is 9.13 Å². The second-order valence-corrected chi connectivity index (χ2v) is 4.76. The summed E-state index contributed by atoms with van der Waals surface area (Å²) in [5, 5.41) is 0. The molecular formula is C15H15FN2O. The summed E-state index contributed by atoms with van der Waals surface area (Å²) in [6.07, 6.45) is 5.27. The number of pyridine rings is 1. The summed E-state index contributed by atoms with van der Waals surface area (Å²) >= 11 is 0. The Morgan fingerprint density at radius 1 is 1.32 bits per heavy atom. The third-order valence-electron chi connectivity index (χ3n) is 3.18. The predicted octanol–water partition coefficient (Wildman–Crippen LogP) is 2.81. The smallest absolute Gasteiger partial charge is 0.146 e. The lowest BCUT2D eigenvalue weighted by molar-refractivity contribution is 0.303. The molecule has 2 N–H and O–H groups in total. The first kappa shape index (κ1) is 12.1. The third kappa shape index (κ3) is 2.74. The van der Waals surface area contributed by atoms with Crippen LogP contribution in [0.25, 0.3) is 0 Å². The van der Waals surface area contributed by atoms with Crippen molar-refractivity contribution in [3.05, 3.63) is 59.7 Å². The number of nitrogens with zero attached hydrogens (tertiary/aromatic N) is 1. The summed E-state index contributed by atoms with van der Waals surface area (Å²) in [6, 6.07) is 8.64. The van der Waals surface area contributed by atoms with E-state index in [0.717, 1.165) is 24.2 Å². The van der Waals surface area contributed by atoms with Gasteiger partial charge in [0.25, 0.3) is 0 Å². The Morgan fingerprint density at radius 3 is 2.89 bits per heavy atom. The van der Waals surface area contributed by atoms with Crippen molar-refractivity contribution in [3.8, 4) is 5.75 Å². The van der Waals surface area contributed by atoms with E-state index in [-0.39, 0.29) is 5.82 Å². The van der Waals surface area contributed by atoms with Crippen molar-refractivity contribution in [1.29, 1.82) is 0 Å². The van der Waals surface area contributed by atoms with Crippen LogP contribution in [0.1, 0.15) is 30.0 Å². The molecule has 1 unspecified atom stereocenters. The van der Waals surface area contributed by atoms with Gasteiger partial charge in [0.2, 0.25) is 0 Å². The maximum atomic E-state index is 13.7. The van der Waals surface area contributed by atoms with E-state index in [9.17, 15) is 4.39 Å². The van der Waals surface area contributed by atoms with Gasteiger partial charge in [-0.2, -0.15) is 0 Å². The standard InChI is InChI=1S/C15H15FN2O/c16-14-9-18-7-6-13(14)15(17)10-2-1-3-12(8-10)19-11-4-5-11/h1-3,6-9,11,15H,4-5,17H2. The summed E-state index contributed by atoms with van der Waals surface area (Å²) in [5.74, 6) is 0.411. The molecule has 19 heavy (non-hydrogen) atoms. The topological polar surface area (TPSA) is 48.1 Å². The number of nitrogens with two attached hydrogens (primary N) is 1. The van der Waals surface area contributed by atoms with Gasteiger partial charge in [-0.3, -0.25) is 4.98 Å². The van der Waals surface area contributed by atoms with Crippen LogP contribution in [0.15, 0.2) is 42.7 Å². The summed E-state index contributed by atoms with van der Waals surface area (Å²) in [5.41, 5.74) is 7.39. The minimum Gasteiger partial charge on any atom is -0.490 e. The maximum Gasteiger partial charge on any atom is 0.146 e. The highest BCUT2D eigenvalue weighted by molar-refractivity contribution is 5.36. The quantitative estimate of drug-likeness (QED) is 0.917. The number of hydrogen-bond donors (Lipinski definition) is 1. The number of rotatable bonds is 4. The fourth-order valence-electron chi connectivity index (χ4n) is 1.98. The molecule has 0 radical (unpaired) electrons. The highest BCUT2D eigenvalue weighted by Gasteiger charge is 2.23. The molecule has 0 bridgehead atoms. The lowest BCUT2D eigenvalue weighted by Gasteiger charge is -2.14. The molecule has 4 heteroatoms. The number of aromatic nitrogens is 1. The first-order valence-corrected chi connectivity index (χ1v) is 6.35. The van der Waals surface area contributed by atoms with Crippen molar-refractivity contribution >= 4 is 0 Å². The minimum atomic E-state index is -0.509. The van der Waals surface area contributed by atoms with Gasteiger partial charge < -0.3 is 10.5 Å². The van der Waals surface area contributed by atoms with Crippen LogP contribution in [0, 0.1) is 5.82 Å². The predicted molar refractivity (Wildman–Crippen MR) is 70.3 cm³/mol. The van der Waals surface area contributed by atoms with Crippen molar-refractivity contribution in [2.24, 2.45) is 5.73 Å². The van der Waals surface area contributed by atoms with E-state index in [1.165, 1.54) is 6.20 Å². The Bertz CT molecular complexity index is 584. The van der Waals surface area contributed by atoms with Crippen molar-refractivity contribution in [1.82, 2.24) is 4.98 Å². The summed E-state index contributed by atoms with van der Waals surface area (Å²) in [6.45, 7) is 0. The fourth-order valence-corrected chi connectivity index (χ4v) is 1.98. The number of halogens is 1. The molecule has 1 aromatic carbocycles. The number of ether oxygens (including phenoxy) is 1. The van der Waals surface area contributed by atoms with Gasteiger partial charge in [-0.1, -0.05) is 12.1 Å². The Kier molecular flexibility index (Phi) is 3.17. The molecule has 0 amide bonds. The van der Waals surface area contributed by atoms with E-state index >= 15 is 0 Å². The first-order valence-electron chi connectivity index (χ1n) is 6.35.